The van der Waals surface area contributed by atoms with Crippen molar-refractivity contribution in [3.8, 4) is 0 Å². The number of hydrogen-bond donors (Lipinski definition) is 1. The van der Waals surface area contributed by atoms with Crippen molar-refractivity contribution in [1.82, 2.24) is 15.1 Å². The van der Waals surface area contributed by atoms with Gasteiger partial charge < -0.3 is 15.1 Å². The Labute approximate surface area is 163 Å². The standard InChI is InChI=1S/C22H33N5/c1-5-13-26(14-6-1)17-11-23-21-19-9-3-4-10-20(19)22(25-21)24-12-18-27-15-7-2-8-16-27/h3-4,9-10H,1-2,5-8,11-18H2,(H,23,24,25). The minimum atomic E-state index is 0.859. The molecule has 27 heavy (non-hydrogen) atoms. The maximum atomic E-state index is 4.88. The summed E-state index contributed by atoms with van der Waals surface area (Å²) in [5, 5.41) is 3.49. The van der Waals surface area contributed by atoms with Crippen LogP contribution in [0.15, 0.2) is 34.3 Å². The van der Waals surface area contributed by atoms with Crippen LogP contribution in [0.5, 0.6) is 0 Å². The largest absolute Gasteiger partial charge is 0.325 e. The van der Waals surface area contributed by atoms with Crippen molar-refractivity contribution in [1.29, 1.82) is 0 Å². The van der Waals surface area contributed by atoms with E-state index in [1.165, 1.54) is 75.8 Å². The molecule has 0 spiro atoms. The minimum Gasteiger partial charge on any atom is -0.325 e. The van der Waals surface area contributed by atoms with E-state index in [0.29, 0.717) is 0 Å². The highest BCUT2D eigenvalue weighted by atomic mass is 15.2. The number of piperidine rings is 2. The van der Waals surface area contributed by atoms with Crippen molar-refractivity contribution in [2.24, 2.45) is 9.98 Å². The molecule has 5 nitrogen and oxygen atoms in total. The van der Waals surface area contributed by atoms with E-state index in [2.05, 4.69) is 39.4 Å². The molecular formula is C22H33N5. The second kappa shape index (κ2) is 9.47. The van der Waals surface area contributed by atoms with Crippen molar-refractivity contribution in [2.45, 2.75) is 38.5 Å². The molecule has 3 heterocycles. The number of fused-ring (bicyclic) bond motifs is 1. The van der Waals surface area contributed by atoms with Gasteiger partial charge in [0.1, 0.15) is 11.7 Å². The van der Waals surface area contributed by atoms with E-state index in [1.807, 2.05) is 0 Å². The molecule has 0 aliphatic carbocycles. The summed E-state index contributed by atoms with van der Waals surface area (Å²) in [5.74, 6) is 2.00. The van der Waals surface area contributed by atoms with Crippen molar-refractivity contribution in [2.75, 3.05) is 52.4 Å². The number of likely N-dealkylation sites (tertiary alicyclic amines) is 2. The molecule has 0 radical (unpaired) electrons. The van der Waals surface area contributed by atoms with Crippen LogP contribution in [0.1, 0.15) is 49.7 Å². The first-order valence-electron chi connectivity index (χ1n) is 10.8. The summed E-state index contributed by atoms with van der Waals surface area (Å²) >= 11 is 0. The molecule has 5 heteroatoms. The van der Waals surface area contributed by atoms with Gasteiger partial charge in [0.2, 0.25) is 0 Å². The number of rotatable bonds is 6. The highest BCUT2D eigenvalue weighted by Crippen LogP contribution is 2.17. The normalized spacial score (nSPS) is 24.3. The summed E-state index contributed by atoms with van der Waals surface area (Å²) in [5.41, 5.74) is 2.40. The lowest BCUT2D eigenvalue weighted by atomic mass is 10.1. The van der Waals surface area contributed by atoms with Crippen LogP contribution < -0.4 is 5.32 Å². The topological polar surface area (TPSA) is 43.2 Å². The Balaban J connectivity index is 1.36. The Kier molecular flexibility index (Phi) is 6.53. The molecule has 146 valence electrons. The Morgan fingerprint density at radius 3 is 1.56 bits per heavy atom. The third-order valence-electron chi connectivity index (χ3n) is 5.94. The van der Waals surface area contributed by atoms with Crippen LogP contribution in [0.3, 0.4) is 0 Å². The van der Waals surface area contributed by atoms with Gasteiger partial charge in [0.05, 0.1) is 13.1 Å². The first kappa shape index (κ1) is 18.6. The minimum absolute atomic E-state index is 0.859. The van der Waals surface area contributed by atoms with Crippen molar-refractivity contribution in [3.63, 3.8) is 0 Å². The van der Waals surface area contributed by atoms with E-state index in [1.54, 1.807) is 0 Å². The summed E-state index contributed by atoms with van der Waals surface area (Å²) in [6.45, 7) is 8.78. The fourth-order valence-corrected chi connectivity index (χ4v) is 4.36. The molecule has 2 fully saturated rings. The molecular weight excluding hydrogens is 334 g/mol. The van der Waals surface area contributed by atoms with Crippen LogP contribution in [0, 0.1) is 0 Å². The number of nitrogens with zero attached hydrogens (tertiary/aromatic N) is 4. The molecule has 0 saturated carbocycles. The Hall–Kier alpha value is -1.72. The van der Waals surface area contributed by atoms with Gasteiger partial charge in [0.25, 0.3) is 0 Å². The van der Waals surface area contributed by atoms with E-state index >= 15 is 0 Å². The lowest BCUT2D eigenvalue weighted by Crippen LogP contribution is -2.33. The summed E-state index contributed by atoms with van der Waals surface area (Å²) < 4.78 is 0. The van der Waals surface area contributed by atoms with Crippen LogP contribution in [0.25, 0.3) is 0 Å². The lowest BCUT2D eigenvalue weighted by molar-refractivity contribution is 0.235. The highest BCUT2D eigenvalue weighted by molar-refractivity contribution is 6.25. The zero-order valence-electron chi connectivity index (χ0n) is 16.5. The maximum Gasteiger partial charge on any atom is 0.134 e. The molecule has 1 aromatic carbocycles. The van der Waals surface area contributed by atoms with Crippen LogP contribution in [-0.4, -0.2) is 73.8 Å². The number of aliphatic imine (C=N–C) groups is 2. The summed E-state index contributed by atoms with van der Waals surface area (Å²) in [6, 6.07) is 8.51. The van der Waals surface area contributed by atoms with Crippen LogP contribution in [0.2, 0.25) is 0 Å². The zero-order valence-corrected chi connectivity index (χ0v) is 16.5. The quantitative estimate of drug-likeness (QED) is 0.841. The molecule has 0 unspecified atom stereocenters. The molecule has 0 aromatic heterocycles. The van der Waals surface area contributed by atoms with Crippen molar-refractivity contribution < 1.29 is 0 Å². The van der Waals surface area contributed by atoms with Gasteiger partial charge in [-0.05, 0) is 51.9 Å². The average Bonchev–Trinajstić information content (AvgIpc) is 3.08. The molecule has 3 aliphatic heterocycles. The molecule has 1 N–H and O–H groups in total. The van der Waals surface area contributed by atoms with Gasteiger partial charge in [-0.25, -0.2) is 0 Å². The number of hydrogen-bond acceptors (Lipinski definition) is 4. The monoisotopic (exact) mass is 367 g/mol. The Bertz CT molecular complexity index is 612. The van der Waals surface area contributed by atoms with Crippen LogP contribution in [0.4, 0.5) is 0 Å². The van der Waals surface area contributed by atoms with Gasteiger partial charge in [0, 0.05) is 24.2 Å². The maximum absolute atomic E-state index is 4.88. The third-order valence-corrected chi connectivity index (χ3v) is 5.94. The first-order valence-corrected chi connectivity index (χ1v) is 10.8. The average molecular weight is 368 g/mol. The number of benzene rings is 1. The smallest absolute Gasteiger partial charge is 0.134 e. The Morgan fingerprint density at radius 2 is 1.11 bits per heavy atom. The van der Waals surface area contributed by atoms with Gasteiger partial charge in [-0.1, -0.05) is 37.1 Å². The SMILES string of the molecule is c1ccc2c(c1)C(=NCCN1CCCCC1)NC2=NCCN1CCCCC1. The lowest BCUT2D eigenvalue weighted by Gasteiger charge is -2.25. The number of amidine groups is 2. The molecule has 4 rings (SSSR count). The molecule has 1 aromatic rings. The first-order chi connectivity index (χ1) is 13.4. The van der Waals surface area contributed by atoms with Gasteiger partial charge in [-0.3, -0.25) is 9.98 Å². The predicted molar refractivity (Wildman–Crippen MR) is 113 cm³/mol. The van der Waals surface area contributed by atoms with E-state index in [-0.39, 0.29) is 0 Å². The van der Waals surface area contributed by atoms with Crippen LogP contribution in [-0.2, 0) is 0 Å². The van der Waals surface area contributed by atoms with Gasteiger partial charge in [-0.15, -0.1) is 0 Å². The van der Waals surface area contributed by atoms with Gasteiger partial charge in [0.15, 0.2) is 0 Å². The molecule has 2 saturated heterocycles. The van der Waals surface area contributed by atoms with E-state index in [0.717, 1.165) is 37.9 Å². The van der Waals surface area contributed by atoms with E-state index in [4.69, 9.17) is 9.98 Å². The Morgan fingerprint density at radius 1 is 0.667 bits per heavy atom. The van der Waals surface area contributed by atoms with Crippen molar-refractivity contribution in [3.05, 3.63) is 35.4 Å². The number of nitrogens with one attached hydrogen (secondary N) is 1. The second-order valence-electron chi connectivity index (χ2n) is 7.94. The fourth-order valence-electron chi connectivity index (χ4n) is 4.36. The molecule has 0 bridgehead atoms. The molecule has 0 amide bonds. The highest BCUT2D eigenvalue weighted by Gasteiger charge is 2.22. The molecule has 0 atom stereocenters. The predicted octanol–water partition coefficient (Wildman–Crippen LogP) is 2.75. The van der Waals surface area contributed by atoms with Gasteiger partial charge >= 0.3 is 0 Å². The summed E-state index contributed by atoms with van der Waals surface area (Å²) in [7, 11) is 0. The summed E-state index contributed by atoms with van der Waals surface area (Å²) in [6.07, 6.45) is 8.13. The fraction of sp³-hybridized carbons (Fsp3) is 0.636. The third kappa shape index (κ3) is 4.96. The molecule has 3 aliphatic rings. The second-order valence-corrected chi connectivity index (χ2v) is 7.94. The van der Waals surface area contributed by atoms with Crippen LogP contribution >= 0.6 is 0 Å². The summed E-state index contributed by atoms with van der Waals surface area (Å²) in [4.78, 5) is 14.8. The van der Waals surface area contributed by atoms with Gasteiger partial charge in [-0.2, -0.15) is 0 Å². The van der Waals surface area contributed by atoms with Crippen molar-refractivity contribution >= 4 is 11.7 Å². The van der Waals surface area contributed by atoms with E-state index in [9.17, 15) is 0 Å². The zero-order chi connectivity index (χ0) is 18.3. The van der Waals surface area contributed by atoms with E-state index < -0.39 is 0 Å².